The second-order valence-electron chi connectivity index (χ2n) is 4.17. The van der Waals surface area contributed by atoms with E-state index in [2.05, 4.69) is 11.2 Å². The highest BCUT2D eigenvalue weighted by molar-refractivity contribution is 5.45. The number of nitrogens with zero attached hydrogens (tertiary/aromatic N) is 3. The zero-order chi connectivity index (χ0) is 13.8. The number of nitriles is 1. The van der Waals surface area contributed by atoms with Crippen molar-refractivity contribution in [2.75, 3.05) is 0 Å². The lowest BCUT2D eigenvalue weighted by atomic mass is 10.1. The first-order valence-electron chi connectivity index (χ1n) is 6.06. The van der Waals surface area contributed by atoms with E-state index in [9.17, 15) is 5.11 Å². The van der Waals surface area contributed by atoms with Gasteiger partial charge in [0.25, 0.3) is 0 Å². The monoisotopic (exact) mass is 257 g/mol. The molecule has 2 rings (SSSR count). The van der Waals surface area contributed by atoms with Crippen LogP contribution in [-0.4, -0.2) is 14.9 Å². The first-order valence-corrected chi connectivity index (χ1v) is 6.06. The highest BCUT2D eigenvalue weighted by Crippen LogP contribution is 2.30. The molecule has 0 aliphatic heterocycles. The summed E-state index contributed by atoms with van der Waals surface area (Å²) in [4.78, 5) is 0. The Hall–Kier alpha value is -2.32. The van der Waals surface area contributed by atoms with Gasteiger partial charge in [-0.05, 0) is 26.0 Å². The maximum absolute atomic E-state index is 9.71. The van der Waals surface area contributed by atoms with E-state index in [1.54, 1.807) is 42.2 Å². The fourth-order valence-electron chi connectivity index (χ4n) is 1.73. The molecule has 1 N–H and O–H groups in total. The predicted molar refractivity (Wildman–Crippen MR) is 69.8 cm³/mol. The number of hydrogen-bond acceptors (Lipinski definition) is 4. The van der Waals surface area contributed by atoms with Crippen molar-refractivity contribution >= 4 is 0 Å². The molecule has 0 saturated heterocycles. The third-order valence-electron chi connectivity index (χ3n) is 2.75. The van der Waals surface area contributed by atoms with Crippen LogP contribution < -0.4 is 4.74 Å². The van der Waals surface area contributed by atoms with E-state index >= 15 is 0 Å². The van der Waals surface area contributed by atoms with Crippen LogP contribution in [0, 0.1) is 11.3 Å². The van der Waals surface area contributed by atoms with Gasteiger partial charge in [0, 0.05) is 12.1 Å². The van der Waals surface area contributed by atoms with Crippen molar-refractivity contribution in [2.24, 2.45) is 0 Å². The Kier molecular flexibility index (Phi) is 3.83. The Morgan fingerprint density at radius 2 is 2.32 bits per heavy atom. The molecule has 98 valence electrons. The van der Waals surface area contributed by atoms with E-state index in [0.717, 1.165) is 6.54 Å². The van der Waals surface area contributed by atoms with Crippen LogP contribution in [0.1, 0.15) is 31.1 Å². The lowest BCUT2D eigenvalue weighted by Gasteiger charge is -2.12. The minimum atomic E-state index is -0.663. The minimum Gasteiger partial charge on any atom is -0.454 e. The number of rotatable bonds is 4. The molecule has 0 bridgehead atoms. The number of aromatic nitrogens is 2. The maximum atomic E-state index is 9.71. The van der Waals surface area contributed by atoms with Gasteiger partial charge in [-0.1, -0.05) is 6.07 Å². The number of aliphatic hydroxyl groups excluding tert-OH is 1. The van der Waals surface area contributed by atoms with Gasteiger partial charge in [0.15, 0.2) is 5.75 Å². The standard InChI is InChI=1S/C14H15N3O2/c1-3-17-9-12(8-16-17)19-14-6-11(7-15)4-5-13(14)10(2)18/h4-6,8-10,18H,3H2,1-2H3/t10-/m0/s1. The summed E-state index contributed by atoms with van der Waals surface area (Å²) >= 11 is 0. The Bertz CT molecular complexity index is 611. The number of ether oxygens (including phenoxy) is 1. The van der Waals surface area contributed by atoms with Crippen molar-refractivity contribution in [3.05, 3.63) is 41.7 Å². The fourth-order valence-corrected chi connectivity index (χ4v) is 1.73. The van der Waals surface area contributed by atoms with Crippen LogP contribution in [0.15, 0.2) is 30.6 Å². The van der Waals surface area contributed by atoms with Crippen LogP contribution in [0.2, 0.25) is 0 Å². The third kappa shape index (κ3) is 2.92. The van der Waals surface area contributed by atoms with E-state index in [1.165, 1.54) is 0 Å². The Morgan fingerprint density at radius 3 is 2.89 bits per heavy atom. The number of aryl methyl sites for hydroxylation is 1. The molecule has 0 spiro atoms. The molecule has 1 atom stereocenters. The van der Waals surface area contributed by atoms with Gasteiger partial charge in [0.1, 0.15) is 5.75 Å². The molecule has 1 heterocycles. The summed E-state index contributed by atoms with van der Waals surface area (Å²) in [5.74, 6) is 1.06. The number of benzene rings is 1. The average Bonchev–Trinajstić information content (AvgIpc) is 2.86. The molecule has 2 aromatic rings. The van der Waals surface area contributed by atoms with Crippen molar-refractivity contribution in [3.63, 3.8) is 0 Å². The zero-order valence-electron chi connectivity index (χ0n) is 10.9. The molecule has 5 nitrogen and oxygen atoms in total. The topological polar surface area (TPSA) is 71.1 Å². The van der Waals surface area contributed by atoms with E-state index in [1.807, 2.05) is 6.92 Å². The van der Waals surface area contributed by atoms with Crippen molar-refractivity contribution in [1.29, 1.82) is 5.26 Å². The third-order valence-corrected chi connectivity index (χ3v) is 2.75. The lowest BCUT2D eigenvalue weighted by molar-refractivity contribution is 0.195. The second kappa shape index (κ2) is 5.55. The Balaban J connectivity index is 2.34. The molecule has 0 radical (unpaired) electrons. The van der Waals surface area contributed by atoms with Crippen LogP contribution >= 0.6 is 0 Å². The molecule has 1 aromatic heterocycles. The van der Waals surface area contributed by atoms with Gasteiger partial charge in [-0.3, -0.25) is 4.68 Å². The first-order chi connectivity index (χ1) is 9.13. The molecule has 0 saturated carbocycles. The fraction of sp³-hybridized carbons (Fsp3) is 0.286. The molecule has 1 aromatic carbocycles. The zero-order valence-corrected chi connectivity index (χ0v) is 10.9. The van der Waals surface area contributed by atoms with E-state index < -0.39 is 6.10 Å². The summed E-state index contributed by atoms with van der Waals surface area (Å²) < 4.78 is 7.44. The van der Waals surface area contributed by atoms with E-state index in [0.29, 0.717) is 22.6 Å². The second-order valence-corrected chi connectivity index (χ2v) is 4.17. The Labute approximate surface area is 111 Å². The molecule has 5 heteroatoms. The number of hydrogen-bond donors (Lipinski definition) is 1. The van der Waals surface area contributed by atoms with E-state index in [-0.39, 0.29) is 0 Å². The molecule has 19 heavy (non-hydrogen) atoms. The Morgan fingerprint density at radius 1 is 1.53 bits per heavy atom. The summed E-state index contributed by atoms with van der Waals surface area (Å²) in [5, 5.41) is 22.7. The van der Waals surface area contributed by atoms with Crippen LogP contribution in [-0.2, 0) is 6.54 Å². The van der Waals surface area contributed by atoms with Crippen LogP contribution in [0.5, 0.6) is 11.5 Å². The molecular weight excluding hydrogens is 242 g/mol. The van der Waals surface area contributed by atoms with Crippen molar-refractivity contribution < 1.29 is 9.84 Å². The summed E-state index contributed by atoms with van der Waals surface area (Å²) in [5.41, 5.74) is 1.13. The number of aliphatic hydroxyl groups is 1. The largest absolute Gasteiger partial charge is 0.454 e. The maximum Gasteiger partial charge on any atom is 0.165 e. The summed E-state index contributed by atoms with van der Waals surface area (Å²) in [7, 11) is 0. The van der Waals surface area contributed by atoms with Crippen molar-refractivity contribution in [2.45, 2.75) is 26.5 Å². The van der Waals surface area contributed by atoms with Gasteiger partial charge in [-0.15, -0.1) is 0 Å². The van der Waals surface area contributed by atoms with Crippen LogP contribution in [0.3, 0.4) is 0 Å². The van der Waals surface area contributed by atoms with Gasteiger partial charge in [0.2, 0.25) is 0 Å². The normalized spacial score (nSPS) is 11.9. The quantitative estimate of drug-likeness (QED) is 0.913. The smallest absolute Gasteiger partial charge is 0.165 e. The van der Waals surface area contributed by atoms with Crippen LogP contribution in [0.4, 0.5) is 0 Å². The highest BCUT2D eigenvalue weighted by atomic mass is 16.5. The van der Waals surface area contributed by atoms with Gasteiger partial charge in [-0.25, -0.2) is 0 Å². The highest BCUT2D eigenvalue weighted by Gasteiger charge is 2.12. The molecule has 0 aliphatic carbocycles. The predicted octanol–water partition coefficient (Wildman–Crippen LogP) is 2.62. The van der Waals surface area contributed by atoms with Gasteiger partial charge in [0.05, 0.1) is 30.1 Å². The van der Waals surface area contributed by atoms with Crippen molar-refractivity contribution in [1.82, 2.24) is 9.78 Å². The van der Waals surface area contributed by atoms with E-state index in [4.69, 9.17) is 10.00 Å². The van der Waals surface area contributed by atoms with Crippen molar-refractivity contribution in [3.8, 4) is 17.6 Å². The minimum absolute atomic E-state index is 0.477. The first kappa shape index (κ1) is 13.1. The molecule has 0 fully saturated rings. The molecule has 0 amide bonds. The SMILES string of the molecule is CCn1cc(Oc2cc(C#N)ccc2[C@H](C)O)cn1. The summed E-state index contributed by atoms with van der Waals surface area (Å²) in [6, 6.07) is 7.02. The summed E-state index contributed by atoms with van der Waals surface area (Å²) in [6.07, 6.45) is 2.71. The van der Waals surface area contributed by atoms with Gasteiger partial charge >= 0.3 is 0 Å². The average molecular weight is 257 g/mol. The molecule has 0 aliphatic rings. The van der Waals surface area contributed by atoms with Gasteiger partial charge in [-0.2, -0.15) is 10.4 Å². The molecular formula is C14H15N3O2. The molecule has 0 unspecified atom stereocenters. The van der Waals surface area contributed by atoms with Crippen LogP contribution in [0.25, 0.3) is 0 Å². The lowest BCUT2D eigenvalue weighted by Crippen LogP contribution is -1.96. The van der Waals surface area contributed by atoms with Gasteiger partial charge < -0.3 is 9.84 Å². The summed E-state index contributed by atoms with van der Waals surface area (Å²) in [6.45, 7) is 4.39.